The minimum absolute atomic E-state index is 0.0307. The molecule has 1 nitrogen and oxygen atoms in total. The van der Waals surface area contributed by atoms with Gasteiger partial charge < -0.3 is 0 Å². The van der Waals surface area contributed by atoms with Gasteiger partial charge in [-0.05, 0) is 36.9 Å². The lowest BCUT2D eigenvalue weighted by Gasteiger charge is -2.08. The molecule has 76 valence electrons. The first-order chi connectivity index (χ1) is 6.54. The fraction of sp³-hybridized carbons (Fsp3) is 0.300. The number of benzene rings is 1. The highest BCUT2D eigenvalue weighted by molar-refractivity contribution is 9.10. The van der Waals surface area contributed by atoms with Gasteiger partial charge in [0.1, 0.15) is 5.38 Å². The highest BCUT2D eigenvalue weighted by Crippen LogP contribution is 2.29. The maximum atomic E-state index is 11.1. The fourth-order valence-corrected chi connectivity index (χ4v) is 2.37. The van der Waals surface area contributed by atoms with Gasteiger partial charge in [-0.15, -0.1) is 23.4 Å². The first-order valence-corrected chi connectivity index (χ1v) is 6.49. The highest BCUT2D eigenvalue weighted by atomic mass is 79.9. The first kappa shape index (κ1) is 12.1. The summed E-state index contributed by atoms with van der Waals surface area (Å²) in [5, 5.41) is -0.543. The molecule has 1 aromatic rings. The Morgan fingerprint density at radius 1 is 1.50 bits per heavy atom. The molecule has 1 atom stereocenters. The Morgan fingerprint density at radius 2 is 2.14 bits per heavy atom. The van der Waals surface area contributed by atoms with Crippen LogP contribution in [0.1, 0.15) is 17.9 Å². The normalized spacial score (nSPS) is 12.6. The maximum absolute atomic E-state index is 11.1. The Bertz CT molecular complexity index is 354. The Balaban J connectivity index is 3.08. The van der Waals surface area contributed by atoms with Crippen LogP contribution >= 0.6 is 39.3 Å². The third-order valence-corrected chi connectivity index (χ3v) is 3.50. The number of ketones is 1. The lowest BCUT2D eigenvalue weighted by molar-refractivity contribution is -0.116. The number of Topliss-reactive ketones (excluding diaryl/α,β-unsaturated/α-hetero) is 1. The Labute approximate surface area is 101 Å². The first-order valence-electron chi connectivity index (χ1n) is 4.03. The molecular weight excluding hydrogens is 284 g/mol. The van der Waals surface area contributed by atoms with E-state index in [1.54, 1.807) is 11.8 Å². The van der Waals surface area contributed by atoms with Crippen LogP contribution in [0.5, 0.6) is 0 Å². The van der Waals surface area contributed by atoms with E-state index >= 15 is 0 Å². The number of thioether (sulfide) groups is 1. The van der Waals surface area contributed by atoms with Crippen LogP contribution in [0.3, 0.4) is 0 Å². The van der Waals surface area contributed by atoms with Crippen LogP contribution in [0.4, 0.5) is 0 Å². The molecule has 0 amide bonds. The number of hydrogen-bond donors (Lipinski definition) is 0. The van der Waals surface area contributed by atoms with Gasteiger partial charge in [0.25, 0.3) is 0 Å². The molecule has 0 aliphatic heterocycles. The van der Waals surface area contributed by atoms with E-state index in [9.17, 15) is 4.79 Å². The lowest BCUT2D eigenvalue weighted by atomic mass is 10.1. The van der Waals surface area contributed by atoms with E-state index in [1.165, 1.54) is 6.92 Å². The van der Waals surface area contributed by atoms with Crippen LogP contribution in [-0.4, -0.2) is 12.0 Å². The third-order valence-electron chi connectivity index (χ3n) is 1.78. The summed E-state index contributed by atoms with van der Waals surface area (Å²) in [6.07, 6.45) is 1.99. The molecule has 1 aromatic carbocycles. The molecule has 14 heavy (non-hydrogen) atoms. The van der Waals surface area contributed by atoms with E-state index in [0.717, 1.165) is 14.9 Å². The zero-order valence-electron chi connectivity index (χ0n) is 7.88. The Hall–Kier alpha value is 0.01000. The van der Waals surface area contributed by atoms with E-state index in [-0.39, 0.29) is 5.78 Å². The standard InChI is InChI=1S/C10H10BrClOS/c1-6(13)10(12)7-3-8(11)5-9(4-7)14-2/h3-5,10H,1-2H3. The van der Waals surface area contributed by atoms with Crippen LogP contribution in [0.2, 0.25) is 0 Å². The zero-order chi connectivity index (χ0) is 10.7. The number of carbonyl (C=O) groups is 1. The molecule has 1 unspecified atom stereocenters. The van der Waals surface area contributed by atoms with Crippen molar-refractivity contribution >= 4 is 45.1 Å². The number of rotatable bonds is 3. The van der Waals surface area contributed by atoms with Crippen molar-refractivity contribution in [3.8, 4) is 0 Å². The summed E-state index contributed by atoms with van der Waals surface area (Å²) in [6.45, 7) is 1.50. The zero-order valence-corrected chi connectivity index (χ0v) is 11.0. The van der Waals surface area contributed by atoms with E-state index in [2.05, 4.69) is 15.9 Å². The molecule has 0 aliphatic rings. The molecule has 0 bridgehead atoms. The number of carbonyl (C=O) groups excluding carboxylic acids is 1. The van der Waals surface area contributed by atoms with Crippen LogP contribution < -0.4 is 0 Å². The number of hydrogen-bond acceptors (Lipinski definition) is 2. The Kier molecular flexibility index (Phi) is 4.48. The average molecular weight is 294 g/mol. The highest BCUT2D eigenvalue weighted by Gasteiger charge is 2.14. The van der Waals surface area contributed by atoms with Gasteiger partial charge in [-0.1, -0.05) is 15.9 Å². The summed E-state index contributed by atoms with van der Waals surface area (Å²) in [4.78, 5) is 12.2. The predicted molar refractivity (Wildman–Crippen MR) is 65.2 cm³/mol. The lowest BCUT2D eigenvalue weighted by Crippen LogP contribution is -2.01. The predicted octanol–water partition coefficient (Wildman–Crippen LogP) is 4.04. The maximum Gasteiger partial charge on any atom is 0.152 e. The number of halogens is 2. The number of alkyl halides is 1. The molecule has 0 fully saturated rings. The summed E-state index contributed by atoms with van der Waals surface area (Å²) >= 11 is 11.0. The summed E-state index contributed by atoms with van der Waals surface area (Å²) < 4.78 is 0.950. The van der Waals surface area contributed by atoms with E-state index in [4.69, 9.17) is 11.6 Å². The van der Waals surface area contributed by atoms with E-state index in [1.807, 2.05) is 24.5 Å². The van der Waals surface area contributed by atoms with Crippen molar-refractivity contribution in [2.24, 2.45) is 0 Å². The van der Waals surface area contributed by atoms with Crippen LogP contribution in [0, 0.1) is 0 Å². The van der Waals surface area contributed by atoms with Crippen molar-refractivity contribution in [3.05, 3.63) is 28.2 Å². The van der Waals surface area contributed by atoms with Crippen molar-refractivity contribution < 1.29 is 4.79 Å². The van der Waals surface area contributed by atoms with Gasteiger partial charge in [0.2, 0.25) is 0 Å². The second-order valence-electron chi connectivity index (χ2n) is 2.90. The monoisotopic (exact) mass is 292 g/mol. The topological polar surface area (TPSA) is 17.1 Å². The van der Waals surface area contributed by atoms with E-state index in [0.29, 0.717) is 0 Å². The van der Waals surface area contributed by atoms with Crippen LogP contribution in [0.25, 0.3) is 0 Å². The smallest absolute Gasteiger partial charge is 0.152 e. The van der Waals surface area contributed by atoms with Gasteiger partial charge in [-0.3, -0.25) is 4.79 Å². The Morgan fingerprint density at radius 3 is 2.64 bits per heavy atom. The molecule has 0 N–H and O–H groups in total. The van der Waals surface area contributed by atoms with Crippen molar-refractivity contribution in [1.29, 1.82) is 0 Å². The van der Waals surface area contributed by atoms with Gasteiger partial charge in [-0.25, -0.2) is 0 Å². The van der Waals surface area contributed by atoms with Crippen LogP contribution in [0.15, 0.2) is 27.6 Å². The average Bonchev–Trinajstić information content (AvgIpc) is 2.15. The van der Waals surface area contributed by atoms with Crippen molar-refractivity contribution in [2.45, 2.75) is 17.2 Å². The van der Waals surface area contributed by atoms with Crippen molar-refractivity contribution in [3.63, 3.8) is 0 Å². The largest absolute Gasteiger partial charge is 0.298 e. The molecule has 4 heteroatoms. The molecule has 0 aliphatic carbocycles. The molecule has 0 saturated carbocycles. The summed E-state index contributed by atoms with van der Waals surface area (Å²) in [5.41, 5.74) is 0.845. The van der Waals surface area contributed by atoms with Gasteiger partial charge in [0, 0.05) is 9.37 Å². The molecule has 0 aromatic heterocycles. The molecule has 0 heterocycles. The van der Waals surface area contributed by atoms with Gasteiger partial charge in [-0.2, -0.15) is 0 Å². The van der Waals surface area contributed by atoms with Crippen molar-refractivity contribution in [2.75, 3.05) is 6.26 Å². The van der Waals surface area contributed by atoms with Gasteiger partial charge in [0.15, 0.2) is 5.78 Å². The second kappa shape index (κ2) is 5.19. The molecule has 0 saturated heterocycles. The molecule has 0 radical (unpaired) electrons. The van der Waals surface area contributed by atoms with Gasteiger partial charge in [0.05, 0.1) is 0 Å². The third kappa shape index (κ3) is 3.01. The molecule has 0 spiro atoms. The SMILES string of the molecule is CSc1cc(Br)cc(C(Cl)C(C)=O)c1. The second-order valence-corrected chi connectivity index (χ2v) is 5.13. The van der Waals surface area contributed by atoms with Crippen LogP contribution in [-0.2, 0) is 4.79 Å². The fourth-order valence-electron chi connectivity index (χ4n) is 1.08. The molecular formula is C10H10BrClOS. The summed E-state index contributed by atoms with van der Waals surface area (Å²) in [7, 11) is 0. The minimum atomic E-state index is -0.543. The van der Waals surface area contributed by atoms with Crippen molar-refractivity contribution in [1.82, 2.24) is 0 Å². The van der Waals surface area contributed by atoms with E-state index < -0.39 is 5.38 Å². The minimum Gasteiger partial charge on any atom is -0.298 e. The summed E-state index contributed by atoms with van der Waals surface area (Å²) in [6, 6.07) is 5.81. The quantitative estimate of drug-likeness (QED) is 0.618. The van der Waals surface area contributed by atoms with Gasteiger partial charge >= 0.3 is 0 Å². The summed E-state index contributed by atoms with van der Waals surface area (Å²) in [5.74, 6) is -0.0307. The molecule has 1 rings (SSSR count).